The number of carbonyl (C=O) groups is 2. The molecular formula is C61H65BN8O10P. The maximum atomic E-state index is 14.4. The summed E-state index contributed by atoms with van der Waals surface area (Å²) in [7, 11) is 0.710. The van der Waals surface area contributed by atoms with Crippen LogP contribution >= 0.6 is 8.60 Å². The first-order valence-corrected chi connectivity index (χ1v) is 27.5. The number of anilines is 3. The van der Waals surface area contributed by atoms with Gasteiger partial charge in [0.1, 0.15) is 29.4 Å². The van der Waals surface area contributed by atoms with E-state index in [1.807, 2.05) is 127 Å². The van der Waals surface area contributed by atoms with Crippen molar-refractivity contribution in [2.24, 2.45) is 0 Å². The first-order valence-electron chi connectivity index (χ1n) is 26.3. The van der Waals surface area contributed by atoms with Gasteiger partial charge in [-0.3, -0.25) is 14.7 Å². The van der Waals surface area contributed by atoms with Crippen molar-refractivity contribution < 1.29 is 47.2 Å². The Balaban J connectivity index is 0.00000111. The number of ether oxygens (including phenoxy) is 5. The molecule has 3 radical (unpaired) electrons. The van der Waals surface area contributed by atoms with Gasteiger partial charge in [0.15, 0.2) is 11.2 Å². The smallest absolute Gasteiger partial charge is 0.425 e. The van der Waals surface area contributed by atoms with Gasteiger partial charge < -0.3 is 42.5 Å². The summed E-state index contributed by atoms with van der Waals surface area (Å²) in [4.78, 5) is 56.8. The van der Waals surface area contributed by atoms with Gasteiger partial charge in [0.25, 0.3) is 5.88 Å². The summed E-state index contributed by atoms with van der Waals surface area (Å²) in [6, 6.07) is 54.1. The molecule has 2 amide bonds. The molecule has 81 heavy (non-hydrogen) atoms. The summed E-state index contributed by atoms with van der Waals surface area (Å²) in [5.74, 6) is 0.493. The molecule has 20 heteroatoms. The standard InChI is InChI=1S/C55H50N7O10P.C6H15N.B/c1-66-44-28-24-40(25-29-44)55(39-18-9-4-10-19-39,41-26-30-45(67-2)31-27-41)68-36-47-46(72-73(65)69-33-15-32-56)35-49(70-47)61-37-57-50-51(61)59-53(58-48(63)34-38-16-7-3-8-17-38)60-52(50)71-54(64)62(42-20-11-5-12-21-42)43-22-13-6-14-23-43;1-4-7(5-2)6-3;/h3-14,16-31,37,46-47,49,65H,15,33-36H2,1-2H3,(H,58,59,60,63);4-6H2,1-3H3;/t46-,47+,49+,73?;;/m0../s1. The van der Waals surface area contributed by atoms with Gasteiger partial charge in [0.2, 0.25) is 11.9 Å². The Kier molecular flexibility index (Phi) is 22.4. The molecule has 18 nitrogen and oxygen atoms in total. The third kappa shape index (κ3) is 15.2. The summed E-state index contributed by atoms with van der Waals surface area (Å²) in [6.07, 6.45) is -1.82. The number of hydrogen-bond donors (Lipinski definition) is 2. The number of nitrogens with zero attached hydrogens (tertiary/aromatic N) is 7. The number of hydrogen-bond acceptors (Lipinski definition) is 15. The van der Waals surface area contributed by atoms with E-state index < -0.39 is 44.6 Å². The number of benzene rings is 6. The zero-order valence-electron chi connectivity index (χ0n) is 45.9. The van der Waals surface area contributed by atoms with Crippen LogP contribution in [0.2, 0.25) is 0 Å². The number of rotatable bonds is 23. The van der Waals surface area contributed by atoms with Crippen LogP contribution in [0.25, 0.3) is 11.2 Å². The van der Waals surface area contributed by atoms with Crippen LogP contribution in [0.5, 0.6) is 17.4 Å². The normalized spacial score (nSPS) is 15.1. The van der Waals surface area contributed by atoms with Crippen LogP contribution in [0.15, 0.2) is 176 Å². The zero-order chi connectivity index (χ0) is 56.3. The summed E-state index contributed by atoms with van der Waals surface area (Å²) >= 11 is 0. The number of nitriles is 1. The zero-order valence-corrected chi connectivity index (χ0v) is 46.8. The van der Waals surface area contributed by atoms with Crippen molar-refractivity contribution in [2.45, 2.75) is 64.1 Å². The highest BCUT2D eigenvalue weighted by atomic mass is 31.2. The number of nitrogens with one attached hydrogen (secondary N) is 1. The predicted octanol–water partition coefficient (Wildman–Crippen LogP) is 11.2. The Morgan fingerprint density at radius 1 is 0.765 bits per heavy atom. The van der Waals surface area contributed by atoms with Gasteiger partial charge in [-0.1, -0.05) is 142 Å². The van der Waals surface area contributed by atoms with Crippen molar-refractivity contribution in [2.75, 3.05) is 57.3 Å². The molecule has 1 unspecified atom stereocenters. The summed E-state index contributed by atoms with van der Waals surface area (Å²) < 4.78 is 44.7. The minimum Gasteiger partial charge on any atom is -0.497 e. The highest BCUT2D eigenvalue weighted by Crippen LogP contribution is 2.46. The molecule has 2 N–H and O–H groups in total. The summed E-state index contributed by atoms with van der Waals surface area (Å²) in [5, 5.41) is 12.0. The molecule has 4 atom stereocenters. The summed E-state index contributed by atoms with van der Waals surface area (Å²) in [6.45, 7) is 9.97. The molecule has 417 valence electrons. The molecule has 0 saturated carbocycles. The Bertz CT molecular complexity index is 3160. The van der Waals surface area contributed by atoms with Crippen LogP contribution in [-0.2, 0) is 35.3 Å². The van der Waals surface area contributed by atoms with Crippen molar-refractivity contribution in [1.29, 1.82) is 5.26 Å². The fraction of sp³-hybridized carbons (Fsp3) is 0.279. The Morgan fingerprint density at radius 3 is 1.81 bits per heavy atom. The van der Waals surface area contributed by atoms with Crippen molar-refractivity contribution in [3.05, 3.63) is 198 Å². The molecule has 3 heterocycles. The van der Waals surface area contributed by atoms with E-state index >= 15 is 0 Å². The number of carbonyl (C=O) groups excluding carboxylic acids is 2. The number of para-hydroxylation sites is 2. The maximum Gasteiger partial charge on any atom is 0.425 e. The summed E-state index contributed by atoms with van der Waals surface area (Å²) in [5.41, 5.74) is 3.17. The monoisotopic (exact) mass is 1110 g/mol. The van der Waals surface area contributed by atoms with Crippen molar-refractivity contribution >= 4 is 57.5 Å². The molecule has 8 aromatic rings. The van der Waals surface area contributed by atoms with E-state index in [-0.39, 0.29) is 63.9 Å². The predicted molar refractivity (Wildman–Crippen MR) is 311 cm³/mol. The van der Waals surface area contributed by atoms with Crippen LogP contribution in [0.4, 0.5) is 22.1 Å². The lowest BCUT2D eigenvalue weighted by molar-refractivity contribution is -0.115. The molecule has 1 fully saturated rings. The van der Waals surface area contributed by atoms with E-state index in [4.69, 9.17) is 37.7 Å². The van der Waals surface area contributed by atoms with Crippen LogP contribution < -0.4 is 24.4 Å². The molecule has 2 aromatic heterocycles. The molecule has 1 aliphatic rings. The number of aromatic nitrogens is 4. The van der Waals surface area contributed by atoms with Gasteiger partial charge >= 0.3 is 14.7 Å². The van der Waals surface area contributed by atoms with Gasteiger partial charge in [0.05, 0.1) is 70.2 Å². The van der Waals surface area contributed by atoms with E-state index in [0.717, 1.165) is 22.3 Å². The quantitative estimate of drug-likeness (QED) is 0.0265. The topological polar surface area (TPSA) is 205 Å². The number of fused-ring (bicyclic) bond motifs is 1. The van der Waals surface area contributed by atoms with Gasteiger partial charge in [-0.05, 0) is 90.4 Å². The number of imidazole rings is 1. The van der Waals surface area contributed by atoms with Gasteiger partial charge in [0, 0.05) is 14.8 Å². The molecule has 0 bridgehead atoms. The van der Waals surface area contributed by atoms with Gasteiger partial charge in [-0.2, -0.15) is 15.2 Å². The average Bonchev–Trinajstić information content (AvgIpc) is 4.13. The molecule has 1 aliphatic heterocycles. The third-order valence-electron chi connectivity index (χ3n) is 13.4. The SMILES string of the molecule is CCN(CC)CC.COc1ccc(C(OC[C@H]2O[C@@H](n3cnc4c(OC(=O)N(c5ccccc5)c5ccccc5)nc(NC(=O)Cc5ccccc5)nc43)C[C@@H]2OP(O)OCCC#N)(c2ccccc2)c2ccc(OC)cc2)cc1.[B]. The average molecular weight is 1110 g/mol. The third-order valence-corrected chi connectivity index (χ3v) is 14.2. The largest absolute Gasteiger partial charge is 0.497 e. The Labute approximate surface area is 475 Å². The fourth-order valence-electron chi connectivity index (χ4n) is 9.22. The van der Waals surface area contributed by atoms with Crippen molar-refractivity contribution in [3.63, 3.8) is 0 Å². The number of amides is 2. The molecular weight excluding hydrogens is 1050 g/mol. The van der Waals surface area contributed by atoms with E-state index in [9.17, 15) is 19.7 Å². The Hall–Kier alpha value is -8.05. The Morgan fingerprint density at radius 2 is 1.30 bits per heavy atom. The lowest BCUT2D eigenvalue weighted by atomic mass is 9.80. The molecule has 0 spiro atoms. The van der Waals surface area contributed by atoms with Crippen LogP contribution in [0.1, 0.15) is 62.1 Å². The van der Waals surface area contributed by atoms with Gasteiger partial charge in [-0.25, -0.2) is 14.7 Å². The molecule has 9 rings (SSSR count). The van der Waals surface area contributed by atoms with Crippen LogP contribution in [0.3, 0.4) is 0 Å². The first-order chi connectivity index (χ1) is 39.1. The van der Waals surface area contributed by atoms with E-state index in [0.29, 0.717) is 22.9 Å². The minimum atomic E-state index is -2.49. The second-order valence-electron chi connectivity index (χ2n) is 18.2. The molecule has 1 saturated heterocycles. The molecule has 0 aliphatic carbocycles. The van der Waals surface area contributed by atoms with Gasteiger partial charge in [-0.15, -0.1) is 0 Å². The fourth-order valence-corrected chi connectivity index (χ4v) is 9.98. The second-order valence-corrected chi connectivity index (χ2v) is 19.1. The van der Waals surface area contributed by atoms with E-state index in [1.54, 1.807) is 67.3 Å². The lowest BCUT2D eigenvalue weighted by Crippen LogP contribution is -2.38. The lowest BCUT2D eigenvalue weighted by Gasteiger charge is -2.37. The van der Waals surface area contributed by atoms with E-state index in [1.165, 1.54) is 30.9 Å². The van der Waals surface area contributed by atoms with E-state index in [2.05, 4.69) is 41.0 Å². The molecule has 6 aromatic carbocycles. The highest BCUT2D eigenvalue weighted by molar-refractivity contribution is 7.40. The van der Waals surface area contributed by atoms with Crippen LogP contribution in [0, 0.1) is 11.3 Å². The second kappa shape index (κ2) is 30.0. The van der Waals surface area contributed by atoms with Crippen molar-refractivity contribution in [3.8, 4) is 23.4 Å². The highest BCUT2D eigenvalue weighted by Gasteiger charge is 2.44. The van der Waals surface area contributed by atoms with Crippen LogP contribution in [-0.4, -0.2) is 109 Å². The number of methoxy groups -OCH3 is 2. The minimum absolute atomic E-state index is 0. The first kappa shape index (κ1) is 60.6. The maximum absolute atomic E-state index is 14.4. The van der Waals surface area contributed by atoms with Crippen molar-refractivity contribution in [1.82, 2.24) is 24.4 Å².